The molecule has 2 unspecified atom stereocenters. The van der Waals surface area contributed by atoms with Gasteiger partial charge >= 0.3 is 0 Å². The maximum absolute atomic E-state index is 9.95. The van der Waals surface area contributed by atoms with E-state index >= 15 is 0 Å². The number of hydrogen-bond acceptors (Lipinski definition) is 4. The zero-order valence-electron chi connectivity index (χ0n) is 23.9. The molecule has 5 heteroatoms. The van der Waals surface area contributed by atoms with Crippen LogP contribution in [-0.4, -0.2) is 32.4 Å². The second-order valence-electron chi connectivity index (χ2n) is 11.4. The molecular formula is C34H41IrN2O2-. The van der Waals surface area contributed by atoms with E-state index < -0.39 is 12.2 Å². The topological polar surface area (TPSA) is 66.2 Å². The third-order valence-corrected chi connectivity index (χ3v) is 7.11. The van der Waals surface area contributed by atoms with E-state index in [0.717, 1.165) is 40.2 Å². The standard InChI is InChI=1S/C22H15N2.C12H26O2.Ir/c1-4-10-17(11-5-1)20-16-23-21(18-12-6-2-7-13-18)22(24-20)19-14-8-3-9-15-19;1-7-12(5,6)10(14)8-9(13)11(2,3)4;/h1-12,14-16H;9-10,13-14H,7-8H2,1-6H3;/q-1;;. The van der Waals surface area contributed by atoms with Crippen molar-refractivity contribution >= 4 is 0 Å². The van der Waals surface area contributed by atoms with Crippen LogP contribution >= 0.6 is 0 Å². The Bertz CT molecular complexity index is 1260. The number of rotatable bonds is 7. The molecule has 209 valence electrons. The van der Waals surface area contributed by atoms with E-state index in [1.54, 1.807) is 0 Å². The van der Waals surface area contributed by atoms with Crippen LogP contribution in [0.2, 0.25) is 0 Å². The summed E-state index contributed by atoms with van der Waals surface area (Å²) in [7, 11) is 0. The summed E-state index contributed by atoms with van der Waals surface area (Å²) in [6.45, 7) is 12.1. The Morgan fingerprint density at radius 1 is 0.744 bits per heavy atom. The quantitative estimate of drug-likeness (QED) is 0.193. The first-order valence-electron chi connectivity index (χ1n) is 13.3. The molecule has 3 aromatic carbocycles. The Labute approximate surface area is 247 Å². The average Bonchev–Trinajstić information content (AvgIpc) is 2.94. The molecule has 4 nitrogen and oxygen atoms in total. The Morgan fingerprint density at radius 2 is 1.31 bits per heavy atom. The second kappa shape index (κ2) is 14.6. The van der Waals surface area contributed by atoms with Crippen molar-refractivity contribution in [2.45, 2.75) is 66.6 Å². The first kappa shape index (κ1) is 32.5. The molecule has 0 fully saturated rings. The van der Waals surface area contributed by atoms with Crippen LogP contribution in [0.4, 0.5) is 0 Å². The Balaban J connectivity index is 0.000000309. The Hall–Kier alpha value is -2.69. The zero-order chi connectivity index (χ0) is 27.8. The van der Waals surface area contributed by atoms with E-state index in [1.165, 1.54) is 0 Å². The number of hydrogen-bond donors (Lipinski definition) is 2. The molecule has 0 aliphatic heterocycles. The van der Waals surface area contributed by atoms with E-state index in [2.05, 4.69) is 25.1 Å². The van der Waals surface area contributed by atoms with Gasteiger partial charge in [-0.15, -0.1) is 35.9 Å². The summed E-state index contributed by atoms with van der Waals surface area (Å²) in [4.78, 5) is 9.61. The number of aromatic nitrogens is 2. The van der Waals surface area contributed by atoms with Gasteiger partial charge in [0.25, 0.3) is 0 Å². The fraction of sp³-hybridized carbons (Fsp3) is 0.353. The molecule has 0 amide bonds. The molecule has 4 rings (SSSR count). The van der Waals surface area contributed by atoms with Crippen molar-refractivity contribution in [3.63, 3.8) is 0 Å². The minimum atomic E-state index is -0.441. The molecule has 39 heavy (non-hydrogen) atoms. The normalized spacial score (nSPS) is 12.9. The summed E-state index contributed by atoms with van der Waals surface area (Å²) in [5.74, 6) is 0. The molecule has 0 saturated carbocycles. The van der Waals surface area contributed by atoms with Gasteiger partial charge in [0.2, 0.25) is 0 Å². The first-order valence-corrected chi connectivity index (χ1v) is 13.3. The van der Waals surface area contributed by atoms with Crippen LogP contribution in [0.25, 0.3) is 33.8 Å². The number of benzene rings is 3. The molecular weight excluding hydrogens is 661 g/mol. The predicted molar refractivity (Wildman–Crippen MR) is 157 cm³/mol. The van der Waals surface area contributed by atoms with Crippen molar-refractivity contribution in [2.24, 2.45) is 10.8 Å². The van der Waals surface area contributed by atoms with Crippen molar-refractivity contribution in [2.75, 3.05) is 0 Å². The van der Waals surface area contributed by atoms with E-state index in [9.17, 15) is 10.2 Å². The fourth-order valence-electron chi connectivity index (χ4n) is 3.79. The summed E-state index contributed by atoms with van der Waals surface area (Å²) >= 11 is 0. The van der Waals surface area contributed by atoms with Crippen LogP contribution in [0, 0.1) is 16.9 Å². The average molecular weight is 702 g/mol. The Kier molecular flexibility index (Phi) is 12.2. The molecule has 0 aliphatic carbocycles. The van der Waals surface area contributed by atoms with Gasteiger partial charge in [0, 0.05) is 44.0 Å². The molecule has 0 aliphatic rings. The van der Waals surface area contributed by atoms with Crippen LogP contribution in [0.3, 0.4) is 0 Å². The third kappa shape index (κ3) is 9.18. The van der Waals surface area contributed by atoms with Crippen LogP contribution < -0.4 is 0 Å². The number of aliphatic hydroxyl groups is 2. The van der Waals surface area contributed by atoms with Crippen molar-refractivity contribution in [3.8, 4) is 33.8 Å². The van der Waals surface area contributed by atoms with E-state index in [4.69, 9.17) is 9.97 Å². The summed E-state index contributed by atoms with van der Waals surface area (Å²) in [5, 5.41) is 19.8. The largest absolute Gasteiger partial charge is 0.392 e. The maximum Gasteiger partial charge on any atom is 0.0873 e. The van der Waals surface area contributed by atoms with Gasteiger partial charge in [-0.25, -0.2) is 0 Å². The van der Waals surface area contributed by atoms with Crippen molar-refractivity contribution in [1.82, 2.24) is 9.97 Å². The third-order valence-electron chi connectivity index (χ3n) is 7.11. The van der Waals surface area contributed by atoms with Crippen molar-refractivity contribution in [3.05, 3.63) is 97.2 Å². The van der Waals surface area contributed by atoms with Crippen LogP contribution in [-0.2, 0) is 20.1 Å². The molecule has 0 bridgehead atoms. The van der Waals surface area contributed by atoms with Gasteiger partial charge in [-0.05, 0) is 22.8 Å². The summed E-state index contributed by atoms with van der Waals surface area (Å²) in [5.41, 5.74) is 5.40. The molecule has 1 radical (unpaired) electrons. The van der Waals surface area contributed by atoms with Crippen LogP contribution in [0.1, 0.15) is 54.4 Å². The minimum absolute atomic E-state index is 0. The summed E-state index contributed by atoms with van der Waals surface area (Å²) in [6, 6.07) is 31.4. The number of nitrogens with zero attached hydrogens (tertiary/aromatic N) is 2. The number of aliphatic hydroxyl groups excluding tert-OH is 2. The molecule has 0 saturated heterocycles. The monoisotopic (exact) mass is 702 g/mol. The molecule has 4 aromatic rings. The van der Waals surface area contributed by atoms with Crippen LogP contribution in [0.5, 0.6) is 0 Å². The smallest absolute Gasteiger partial charge is 0.0873 e. The van der Waals surface area contributed by atoms with E-state index in [-0.39, 0.29) is 30.9 Å². The molecule has 2 atom stereocenters. The maximum atomic E-state index is 9.95. The van der Waals surface area contributed by atoms with Gasteiger partial charge in [-0.2, -0.15) is 0 Å². The van der Waals surface area contributed by atoms with Gasteiger partial charge < -0.3 is 15.2 Å². The minimum Gasteiger partial charge on any atom is -0.392 e. The van der Waals surface area contributed by atoms with Gasteiger partial charge in [0.15, 0.2) is 0 Å². The molecule has 0 spiro atoms. The van der Waals surface area contributed by atoms with Crippen molar-refractivity contribution < 1.29 is 30.3 Å². The molecule has 1 aromatic heterocycles. The first-order chi connectivity index (χ1) is 18.0. The molecule has 2 N–H and O–H groups in total. The molecule has 1 heterocycles. The van der Waals surface area contributed by atoms with Crippen molar-refractivity contribution in [1.29, 1.82) is 0 Å². The zero-order valence-corrected chi connectivity index (χ0v) is 26.2. The van der Waals surface area contributed by atoms with Crippen LogP contribution in [0.15, 0.2) is 91.1 Å². The fourth-order valence-corrected chi connectivity index (χ4v) is 3.79. The van der Waals surface area contributed by atoms with E-state index in [0.29, 0.717) is 6.42 Å². The predicted octanol–water partition coefficient (Wildman–Crippen LogP) is 7.86. The SMILES string of the molecule is CCC(C)(C)C(O)CC(O)C(C)(C)C.[Ir].[c-]1ccccc1-c1ncc(-c2ccccc2)nc1-c1ccccc1. The van der Waals surface area contributed by atoms with Gasteiger partial charge in [0.1, 0.15) is 0 Å². The van der Waals surface area contributed by atoms with Gasteiger partial charge in [0.05, 0.1) is 23.6 Å². The Morgan fingerprint density at radius 3 is 1.82 bits per heavy atom. The summed E-state index contributed by atoms with van der Waals surface area (Å²) < 4.78 is 0. The second-order valence-corrected chi connectivity index (χ2v) is 11.4. The van der Waals surface area contributed by atoms with Gasteiger partial charge in [-0.1, -0.05) is 102 Å². The summed E-state index contributed by atoms with van der Waals surface area (Å²) in [6.07, 6.45) is 2.35. The van der Waals surface area contributed by atoms with Gasteiger partial charge in [-0.3, -0.25) is 4.98 Å². The van der Waals surface area contributed by atoms with E-state index in [1.807, 2.05) is 114 Å².